The van der Waals surface area contributed by atoms with E-state index in [-0.39, 0.29) is 44.2 Å². The number of hydrogen-bond acceptors (Lipinski definition) is 9. The monoisotopic (exact) mass is 526 g/mol. The second kappa shape index (κ2) is 11.5. The first-order valence-corrected chi connectivity index (χ1v) is 12.6. The predicted molar refractivity (Wildman–Crippen MR) is 135 cm³/mol. The Bertz CT molecular complexity index is 1240. The van der Waals surface area contributed by atoms with Crippen molar-refractivity contribution in [2.24, 2.45) is 5.41 Å². The first-order chi connectivity index (χ1) is 18.4. The molecule has 2 fully saturated rings. The van der Waals surface area contributed by atoms with Gasteiger partial charge in [0.15, 0.2) is 5.82 Å². The number of rotatable bonds is 9. The summed E-state index contributed by atoms with van der Waals surface area (Å²) in [6, 6.07) is 7.77. The summed E-state index contributed by atoms with van der Waals surface area (Å²) in [6.45, 7) is 3.31. The molecule has 1 atom stereocenters. The quantitative estimate of drug-likeness (QED) is 0.330. The van der Waals surface area contributed by atoms with E-state index in [2.05, 4.69) is 25.6 Å². The topological polar surface area (TPSA) is 144 Å². The van der Waals surface area contributed by atoms with Crippen molar-refractivity contribution in [1.82, 2.24) is 25.3 Å². The van der Waals surface area contributed by atoms with Gasteiger partial charge in [-0.3, -0.25) is 4.79 Å². The number of nitrogens with zero attached hydrogens (tertiary/aromatic N) is 3. The van der Waals surface area contributed by atoms with E-state index in [9.17, 15) is 9.18 Å². The molecule has 38 heavy (non-hydrogen) atoms. The second-order valence-electron chi connectivity index (χ2n) is 9.63. The van der Waals surface area contributed by atoms with Crippen LogP contribution < -0.4 is 10.6 Å². The molecule has 2 saturated heterocycles. The molecular weight excluding hydrogens is 495 g/mol. The molecule has 0 bridgehead atoms. The number of nitrogens with one attached hydrogen (secondary N) is 3. The lowest BCUT2D eigenvalue weighted by molar-refractivity contribution is -0.231. The molecule has 0 aliphatic carbocycles. The molecule has 0 spiro atoms. The van der Waals surface area contributed by atoms with E-state index in [1.807, 2.05) is 0 Å². The number of aromatic nitrogens is 4. The van der Waals surface area contributed by atoms with E-state index >= 15 is 0 Å². The van der Waals surface area contributed by atoms with E-state index in [1.165, 1.54) is 12.1 Å². The Morgan fingerprint density at radius 1 is 1.18 bits per heavy atom. The molecule has 3 aromatic rings. The predicted octanol–water partition coefficient (Wildman–Crippen LogP) is 2.42. The van der Waals surface area contributed by atoms with Crippen LogP contribution in [0.3, 0.4) is 0 Å². The van der Waals surface area contributed by atoms with Gasteiger partial charge in [-0.25, -0.2) is 19.3 Å². The van der Waals surface area contributed by atoms with E-state index in [1.54, 1.807) is 31.3 Å². The smallest absolute Gasteiger partial charge is 0.230 e. The van der Waals surface area contributed by atoms with Crippen molar-refractivity contribution in [2.45, 2.75) is 32.2 Å². The number of aliphatic hydroxyl groups excluding tert-OH is 1. The highest BCUT2D eigenvalue weighted by molar-refractivity contribution is 5.82. The van der Waals surface area contributed by atoms with Crippen LogP contribution in [0.4, 0.5) is 10.3 Å². The Kier molecular flexibility index (Phi) is 7.93. The number of ether oxygens (including phenoxy) is 3. The third kappa shape index (κ3) is 5.83. The number of anilines is 1. The summed E-state index contributed by atoms with van der Waals surface area (Å²) in [6.07, 6.45) is 2.98. The molecule has 202 valence electrons. The zero-order valence-corrected chi connectivity index (χ0v) is 21.1. The maximum absolute atomic E-state index is 13.6. The first kappa shape index (κ1) is 26.2. The van der Waals surface area contributed by atoms with Crippen LogP contribution in [0.15, 0.2) is 36.5 Å². The first-order valence-electron chi connectivity index (χ1n) is 12.6. The molecule has 4 heterocycles. The molecule has 1 unspecified atom stereocenters. The van der Waals surface area contributed by atoms with Gasteiger partial charge >= 0.3 is 0 Å². The van der Waals surface area contributed by atoms with Gasteiger partial charge in [0.2, 0.25) is 18.1 Å². The Hall–Kier alpha value is -3.45. The van der Waals surface area contributed by atoms with Gasteiger partial charge in [-0.1, -0.05) is 0 Å². The fourth-order valence-electron chi connectivity index (χ4n) is 4.38. The Labute approximate surface area is 219 Å². The van der Waals surface area contributed by atoms with E-state index in [4.69, 9.17) is 24.3 Å². The fourth-order valence-corrected chi connectivity index (χ4v) is 4.38. The van der Waals surface area contributed by atoms with Gasteiger partial charge in [0.05, 0.1) is 48.4 Å². The minimum Gasteiger partial charge on any atom is -0.395 e. The van der Waals surface area contributed by atoms with Gasteiger partial charge in [-0.2, -0.15) is 0 Å². The summed E-state index contributed by atoms with van der Waals surface area (Å²) >= 11 is 0. The Morgan fingerprint density at radius 3 is 2.68 bits per heavy atom. The zero-order valence-electron chi connectivity index (χ0n) is 21.1. The lowest BCUT2D eigenvalue weighted by Crippen LogP contribution is -2.49. The molecule has 0 saturated carbocycles. The van der Waals surface area contributed by atoms with Crippen molar-refractivity contribution >= 4 is 11.9 Å². The minimum atomic E-state index is -0.906. The van der Waals surface area contributed by atoms with Crippen molar-refractivity contribution in [3.05, 3.63) is 48.2 Å². The largest absolute Gasteiger partial charge is 0.395 e. The molecule has 2 aliphatic rings. The molecule has 1 aromatic carbocycles. The number of aliphatic hydroxyl groups is 1. The minimum absolute atomic E-state index is 0.0989. The lowest BCUT2D eigenvalue weighted by Gasteiger charge is -2.35. The Balaban J connectivity index is 1.39. The van der Waals surface area contributed by atoms with Gasteiger partial charge in [0, 0.05) is 31.5 Å². The standard InChI is InChI=1S/C26H31FN6O5/c1-26(24(35)28-10-11-34)14-37-23(38-15-26)22-32-20(16-4-6-17(27)7-5-16)21(33-22)19-8-9-29-25(31-19)30-13-18-3-2-12-36-18/h4-9,18,23,34H,2-3,10-15H2,1H3,(H,28,35)(H,32,33)(H,29,30,31). The summed E-state index contributed by atoms with van der Waals surface area (Å²) in [5.41, 5.74) is 1.50. The molecule has 12 heteroatoms. The molecule has 5 rings (SSSR count). The van der Waals surface area contributed by atoms with E-state index in [0.29, 0.717) is 41.0 Å². The number of imidazole rings is 1. The number of H-pyrrole nitrogens is 1. The zero-order chi connectivity index (χ0) is 26.5. The average molecular weight is 527 g/mol. The number of carbonyl (C=O) groups excluding carboxylic acids is 1. The van der Waals surface area contributed by atoms with E-state index < -0.39 is 11.7 Å². The molecule has 11 nitrogen and oxygen atoms in total. The average Bonchev–Trinajstić information content (AvgIpc) is 3.62. The highest BCUT2D eigenvalue weighted by Gasteiger charge is 2.40. The second-order valence-corrected chi connectivity index (χ2v) is 9.63. The lowest BCUT2D eigenvalue weighted by atomic mass is 9.91. The molecule has 4 N–H and O–H groups in total. The Morgan fingerprint density at radius 2 is 1.97 bits per heavy atom. The fraction of sp³-hybridized carbons (Fsp3) is 0.462. The number of aromatic amines is 1. The summed E-state index contributed by atoms with van der Waals surface area (Å²) in [7, 11) is 0. The summed E-state index contributed by atoms with van der Waals surface area (Å²) in [4.78, 5) is 29.5. The maximum Gasteiger partial charge on any atom is 0.230 e. The highest BCUT2D eigenvalue weighted by Crippen LogP contribution is 2.35. The van der Waals surface area contributed by atoms with Crippen molar-refractivity contribution in [2.75, 3.05) is 44.8 Å². The number of halogens is 1. The van der Waals surface area contributed by atoms with Gasteiger partial charge in [-0.05, 0) is 50.1 Å². The maximum atomic E-state index is 13.6. The van der Waals surface area contributed by atoms with Crippen molar-refractivity contribution in [3.8, 4) is 22.6 Å². The number of amides is 1. The summed E-state index contributed by atoms with van der Waals surface area (Å²) in [5.74, 6) is 0.228. The normalized spacial score (nSPS) is 23.3. The number of hydrogen-bond donors (Lipinski definition) is 4. The van der Waals surface area contributed by atoms with Crippen LogP contribution in [-0.2, 0) is 19.0 Å². The number of carbonyl (C=O) groups is 1. The molecule has 1 amide bonds. The van der Waals surface area contributed by atoms with Gasteiger partial charge in [-0.15, -0.1) is 0 Å². The molecule has 2 aromatic heterocycles. The van der Waals surface area contributed by atoms with Crippen molar-refractivity contribution in [3.63, 3.8) is 0 Å². The third-order valence-corrected chi connectivity index (χ3v) is 6.54. The summed E-state index contributed by atoms with van der Waals surface area (Å²) in [5, 5.41) is 14.9. The van der Waals surface area contributed by atoms with Gasteiger partial charge in [0.1, 0.15) is 5.82 Å². The molecular formula is C26H31FN6O5. The van der Waals surface area contributed by atoms with Crippen LogP contribution in [0.2, 0.25) is 0 Å². The van der Waals surface area contributed by atoms with Crippen molar-refractivity contribution in [1.29, 1.82) is 0 Å². The van der Waals surface area contributed by atoms with Gasteiger partial charge in [0.25, 0.3) is 0 Å². The SMILES string of the molecule is CC1(C(=O)NCCO)COC(c2nc(-c3ccc(F)cc3)c(-c3ccnc(NCC4CCCO4)n3)[nH]2)OC1. The highest BCUT2D eigenvalue weighted by atomic mass is 19.1. The van der Waals surface area contributed by atoms with Crippen LogP contribution >= 0.6 is 0 Å². The van der Waals surface area contributed by atoms with Crippen LogP contribution in [0.1, 0.15) is 31.9 Å². The van der Waals surface area contributed by atoms with Crippen LogP contribution in [-0.4, -0.2) is 76.6 Å². The van der Waals surface area contributed by atoms with Gasteiger partial charge < -0.3 is 34.9 Å². The van der Waals surface area contributed by atoms with Crippen LogP contribution in [0, 0.1) is 11.2 Å². The van der Waals surface area contributed by atoms with Crippen LogP contribution in [0.5, 0.6) is 0 Å². The number of benzene rings is 1. The van der Waals surface area contributed by atoms with Crippen molar-refractivity contribution < 1.29 is 28.5 Å². The van der Waals surface area contributed by atoms with E-state index in [0.717, 1.165) is 19.4 Å². The van der Waals surface area contributed by atoms with Crippen LogP contribution in [0.25, 0.3) is 22.6 Å². The molecule has 0 radical (unpaired) electrons. The third-order valence-electron chi connectivity index (χ3n) is 6.54. The molecule has 2 aliphatic heterocycles. The summed E-state index contributed by atoms with van der Waals surface area (Å²) < 4.78 is 31.1.